The van der Waals surface area contributed by atoms with Gasteiger partial charge in [0.05, 0.1) is 38.6 Å². The Morgan fingerprint density at radius 3 is 1.22 bits per heavy atom. The van der Waals surface area contributed by atoms with Crippen molar-refractivity contribution in [1.29, 1.82) is 0 Å². The molecule has 12 N–H and O–H groups in total. The van der Waals surface area contributed by atoms with E-state index >= 15 is 0 Å². The molecule has 3 fully saturated rings. The van der Waals surface area contributed by atoms with Crippen molar-refractivity contribution < 1.29 is 89.4 Å². The Morgan fingerprint density at radius 2 is 0.761 bits per heavy atom. The number of unbranched alkanes of at least 4 members (excludes halogenated alkanes) is 26. The maximum absolute atomic E-state index is 13.3. The number of ether oxygens (including phenoxy) is 6. The summed E-state index contributed by atoms with van der Waals surface area (Å²) in [6.07, 6.45) is 43.6. The van der Waals surface area contributed by atoms with E-state index in [-0.39, 0.29) is 18.9 Å². The van der Waals surface area contributed by atoms with Crippen molar-refractivity contribution in [1.82, 2.24) is 5.32 Å². The van der Waals surface area contributed by atoms with E-state index in [9.17, 15) is 61.0 Å². The first kappa shape index (κ1) is 83.2. The van der Waals surface area contributed by atoms with Crippen LogP contribution in [0.3, 0.4) is 0 Å². The molecule has 0 radical (unpaired) electrons. The molecule has 0 saturated carbocycles. The van der Waals surface area contributed by atoms with Crippen molar-refractivity contribution in [3.8, 4) is 0 Å². The fourth-order valence-electron chi connectivity index (χ4n) is 11.6. The molecule has 17 unspecified atom stereocenters. The van der Waals surface area contributed by atoms with Gasteiger partial charge in [-0.1, -0.05) is 247 Å². The van der Waals surface area contributed by atoms with Gasteiger partial charge in [-0.3, -0.25) is 4.79 Å². The smallest absolute Gasteiger partial charge is 0.220 e. The Morgan fingerprint density at radius 1 is 0.402 bits per heavy atom. The second-order valence-corrected chi connectivity index (χ2v) is 25.3. The van der Waals surface area contributed by atoms with E-state index in [0.717, 1.165) is 77.0 Å². The monoisotopic (exact) mass is 1310 g/mol. The molecule has 0 aromatic carbocycles. The van der Waals surface area contributed by atoms with Crippen molar-refractivity contribution in [2.75, 3.05) is 26.4 Å². The van der Waals surface area contributed by atoms with Gasteiger partial charge in [-0.15, -0.1) is 0 Å². The lowest BCUT2D eigenvalue weighted by atomic mass is 9.96. The van der Waals surface area contributed by atoms with Crippen molar-refractivity contribution >= 4 is 5.91 Å². The lowest BCUT2D eigenvalue weighted by Gasteiger charge is -2.48. The summed E-state index contributed by atoms with van der Waals surface area (Å²) in [5, 5.41) is 120. The molecular weight excluding hydrogens is 1180 g/mol. The Hall–Kier alpha value is -3.03. The van der Waals surface area contributed by atoms with Gasteiger partial charge in [-0.25, -0.2) is 0 Å². The van der Waals surface area contributed by atoms with E-state index in [2.05, 4.69) is 92.1 Å². The molecule has 0 bridgehead atoms. The summed E-state index contributed by atoms with van der Waals surface area (Å²) < 4.78 is 34.2. The molecule has 3 aliphatic rings. The van der Waals surface area contributed by atoms with Gasteiger partial charge in [0.25, 0.3) is 0 Å². The lowest BCUT2D eigenvalue weighted by Crippen LogP contribution is -2.66. The number of hydrogen-bond acceptors (Lipinski definition) is 18. The summed E-state index contributed by atoms with van der Waals surface area (Å²) in [5.41, 5.74) is 0. The van der Waals surface area contributed by atoms with Crippen LogP contribution in [0.15, 0.2) is 85.1 Å². The normalized spacial score (nSPS) is 28.2. The van der Waals surface area contributed by atoms with Crippen LogP contribution < -0.4 is 5.32 Å². The van der Waals surface area contributed by atoms with Crippen molar-refractivity contribution in [2.45, 2.75) is 343 Å². The summed E-state index contributed by atoms with van der Waals surface area (Å²) in [4.78, 5) is 13.3. The topological polar surface area (TPSA) is 307 Å². The molecule has 19 nitrogen and oxygen atoms in total. The van der Waals surface area contributed by atoms with E-state index in [1.165, 1.54) is 128 Å². The highest BCUT2D eigenvalue weighted by Gasteiger charge is 2.53. The second kappa shape index (κ2) is 54.0. The average molecular weight is 1310 g/mol. The quantitative estimate of drug-likeness (QED) is 0.0199. The van der Waals surface area contributed by atoms with Crippen LogP contribution in [-0.4, -0.2) is 193 Å². The predicted octanol–water partition coefficient (Wildman–Crippen LogP) is 9.88. The number of nitrogens with one attached hydrogen (secondary N) is 1. The number of amides is 1. The first-order chi connectivity index (χ1) is 44.8. The zero-order chi connectivity index (χ0) is 66.8. The SMILES string of the molecule is CC/C=C\C/C=C\C/C=C\C/C=C\C/C=C\CCCCCCCCCCCCCCCCCCCCCCCCCC(=O)NC(COC1OC(CO)C(OC2OC(CO)C(OC3OC(CO)C(O)C(O)C3O)C(O)C2O)C(O)C1O)C(O)/C=C/CC/C=C/CCCC. The molecule has 3 rings (SSSR count). The Bertz CT molecular complexity index is 2000. The van der Waals surface area contributed by atoms with Gasteiger partial charge < -0.3 is 89.9 Å². The molecule has 17 atom stereocenters. The fraction of sp³-hybridized carbons (Fsp3) is 0.795. The highest BCUT2D eigenvalue weighted by Crippen LogP contribution is 2.33. The van der Waals surface area contributed by atoms with E-state index in [1.807, 2.05) is 6.08 Å². The number of carbonyl (C=O) groups excluding carboxylic acids is 1. The van der Waals surface area contributed by atoms with E-state index in [4.69, 9.17) is 28.4 Å². The van der Waals surface area contributed by atoms with E-state index in [1.54, 1.807) is 6.08 Å². The predicted molar refractivity (Wildman–Crippen MR) is 360 cm³/mol. The first-order valence-corrected chi connectivity index (χ1v) is 35.8. The highest BCUT2D eigenvalue weighted by atomic mass is 16.8. The standard InChI is InChI=1S/C73H127NO18/c1-3-5-7-9-11-13-14-15-16-17-18-19-20-21-22-23-24-25-26-27-28-29-30-31-32-33-34-35-36-37-38-39-40-41-42-43-45-47-49-51-61(79)74-56(57(78)50-48-46-44-12-10-8-6-4-2)55-87-71-67(85)64(82)69(59(53-76)89-71)92-73-68(86)65(83)70(60(54-77)90-73)91-72-66(84)63(81)62(80)58(52-75)88-72/h5,7,10-13,15-16,18-19,21-22,48,50,56-60,62-73,75-78,80-86H,3-4,6,8-9,14,17,20,23-47,49,51-55H2,1-2H3,(H,74,79)/b7-5-,12-10+,13-11-,16-15-,19-18-,22-21-,50-48+. The van der Waals surface area contributed by atoms with Gasteiger partial charge >= 0.3 is 0 Å². The minimum atomic E-state index is -1.98. The zero-order valence-electron chi connectivity index (χ0n) is 56.3. The van der Waals surface area contributed by atoms with Crippen LogP contribution in [-0.2, 0) is 33.2 Å². The highest BCUT2D eigenvalue weighted by molar-refractivity contribution is 5.76. The number of carbonyl (C=O) groups is 1. The lowest BCUT2D eigenvalue weighted by molar-refractivity contribution is -0.379. The first-order valence-electron chi connectivity index (χ1n) is 35.8. The number of hydrogen-bond donors (Lipinski definition) is 12. The molecule has 0 aromatic heterocycles. The number of aliphatic hydroxyl groups is 11. The van der Waals surface area contributed by atoms with Crippen LogP contribution >= 0.6 is 0 Å². The number of rotatable bonds is 54. The summed E-state index contributed by atoms with van der Waals surface area (Å²) in [6, 6.07) is -0.989. The maximum atomic E-state index is 13.3. The molecule has 0 aliphatic carbocycles. The van der Waals surface area contributed by atoms with Crippen LogP contribution in [0.2, 0.25) is 0 Å². The average Bonchev–Trinajstić information content (AvgIpc) is 0.830. The van der Waals surface area contributed by atoms with Crippen LogP contribution in [0.25, 0.3) is 0 Å². The summed E-state index contributed by atoms with van der Waals surface area (Å²) in [7, 11) is 0. The molecule has 3 saturated heterocycles. The third-order valence-corrected chi connectivity index (χ3v) is 17.4. The molecule has 0 spiro atoms. The third-order valence-electron chi connectivity index (χ3n) is 17.4. The van der Waals surface area contributed by atoms with Crippen LogP contribution in [0, 0.1) is 0 Å². The minimum Gasteiger partial charge on any atom is -0.394 e. The number of aliphatic hydroxyl groups excluding tert-OH is 11. The van der Waals surface area contributed by atoms with Gasteiger partial charge in [0.15, 0.2) is 18.9 Å². The molecule has 92 heavy (non-hydrogen) atoms. The molecule has 3 aliphatic heterocycles. The third kappa shape index (κ3) is 35.3. The molecule has 19 heteroatoms. The molecular formula is C73H127NO18. The second-order valence-electron chi connectivity index (χ2n) is 25.3. The summed E-state index contributed by atoms with van der Waals surface area (Å²) in [6.45, 7) is 1.50. The Kier molecular flexibility index (Phi) is 48.9. The molecule has 1 amide bonds. The van der Waals surface area contributed by atoms with Gasteiger partial charge in [0.1, 0.15) is 73.2 Å². The van der Waals surface area contributed by atoms with Crippen molar-refractivity contribution in [2.24, 2.45) is 0 Å². The van der Waals surface area contributed by atoms with Crippen LogP contribution in [0.4, 0.5) is 0 Å². The Balaban J connectivity index is 1.26. The minimum absolute atomic E-state index is 0.235. The summed E-state index contributed by atoms with van der Waals surface area (Å²) in [5.74, 6) is -0.288. The molecule has 3 heterocycles. The van der Waals surface area contributed by atoms with Gasteiger partial charge in [-0.05, 0) is 70.6 Å². The Labute approximate surface area is 552 Å². The van der Waals surface area contributed by atoms with Gasteiger partial charge in [-0.2, -0.15) is 0 Å². The van der Waals surface area contributed by atoms with Crippen LogP contribution in [0.5, 0.6) is 0 Å². The molecule has 532 valence electrons. The van der Waals surface area contributed by atoms with Crippen molar-refractivity contribution in [3.63, 3.8) is 0 Å². The van der Waals surface area contributed by atoms with E-state index < -0.39 is 124 Å². The van der Waals surface area contributed by atoms with Crippen molar-refractivity contribution in [3.05, 3.63) is 85.1 Å². The van der Waals surface area contributed by atoms with Gasteiger partial charge in [0.2, 0.25) is 5.91 Å². The largest absolute Gasteiger partial charge is 0.394 e. The fourth-order valence-corrected chi connectivity index (χ4v) is 11.6. The summed E-state index contributed by atoms with van der Waals surface area (Å²) >= 11 is 0. The zero-order valence-corrected chi connectivity index (χ0v) is 56.3. The maximum Gasteiger partial charge on any atom is 0.220 e. The number of allylic oxidation sites excluding steroid dienone is 13. The van der Waals surface area contributed by atoms with Crippen LogP contribution in [0.1, 0.15) is 239 Å². The van der Waals surface area contributed by atoms with E-state index in [0.29, 0.717) is 12.8 Å². The molecule has 0 aromatic rings. The van der Waals surface area contributed by atoms with Gasteiger partial charge in [0, 0.05) is 6.42 Å².